The predicted molar refractivity (Wildman–Crippen MR) is 88.2 cm³/mol. The van der Waals surface area contributed by atoms with Crippen molar-refractivity contribution in [2.75, 3.05) is 0 Å². The molecule has 0 saturated carbocycles. The Morgan fingerprint density at radius 3 is 2.38 bits per heavy atom. The van der Waals surface area contributed by atoms with Crippen LogP contribution >= 0.6 is 23.2 Å². The van der Waals surface area contributed by atoms with E-state index in [1.54, 1.807) is 6.07 Å². The first-order chi connectivity index (χ1) is 10.2. The summed E-state index contributed by atoms with van der Waals surface area (Å²) in [5.41, 5.74) is 4.89. The third-order valence-electron chi connectivity index (χ3n) is 3.53. The highest BCUT2D eigenvalue weighted by Gasteiger charge is 2.11. The van der Waals surface area contributed by atoms with Crippen LogP contribution in [0.4, 0.5) is 0 Å². The number of pyridine rings is 1. The van der Waals surface area contributed by atoms with Gasteiger partial charge in [-0.2, -0.15) is 0 Å². The first-order valence-electron chi connectivity index (χ1n) is 6.56. The smallest absolute Gasteiger partial charge is 0.138 e. The second-order valence-electron chi connectivity index (χ2n) is 4.84. The van der Waals surface area contributed by atoms with E-state index in [1.807, 2.05) is 36.4 Å². The third kappa shape index (κ3) is 1.99. The van der Waals surface area contributed by atoms with Crippen molar-refractivity contribution in [3.63, 3.8) is 0 Å². The molecule has 0 aliphatic heterocycles. The second-order valence-corrected chi connectivity index (χ2v) is 5.65. The molecule has 0 N–H and O–H groups in total. The van der Waals surface area contributed by atoms with Gasteiger partial charge >= 0.3 is 0 Å². The topological polar surface area (TPSA) is 17.3 Å². The van der Waals surface area contributed by atoms with Crippen LogP contribution in [-0.2, 0) is 0 Å². The summed E-state index contributed by atoms with van der Waals surface area (Å²) in [5, 5.41) is 1.06. The summed E-state index contributed by atoms with van der Waals surface area (Å²) in [7, 11) is 0. The van der Waals surface area contributed by atoms with E-state index in [4.69, 9.17) is 23.2 Å². The molecular formula is C17H10Cl2N2. The SMILES string of the molecule is Clc1cc2nc3cccc(-c4ccccc4)n3c2cc1Cl. The highest BCUT2D eigenvalue weighted by molar-refractivity contribution is 6.42. The van der Waals surface area contributed by atoms with Crippen molar-refractivity contribution in [2.24, 2.45) is 0 Å². The van der Waals surface area contributed by atoms with Crippen molar-refractivity contribution in [3.8, 4) is 11.3 Å². The van der Waals surface area contributed by atoms with E-state index < -0.39 is 0 Å². The van der Waals surface area contributed by atoms with E-state index >= 15 is 0 Å². The van der Waals surface area contributed by atoms with Gasteiger partial charge in [-0.1, -0.05) is 59.6 Å². The van der Waals surface area contributed by atoms with E-state index in [2.05, 4.69) is 27.6 Å². The van der Waals surface area contributed by atoms with E-state index in [0.29, 0.717) is 10.0 Å². The van der Waals surface area contributed by atoms with Crippen LogP contribution in [0.1, 0.15) is 0 Å². The molecule has 0 bridgehead atoms. The number of imidazole rings is 1. The lowest BCUT2D eigenvalue weighted by Gasteiger charge is -2.07. The molecule has 2 aromatic carbocycles. The Hall–Kier alpha value is -2.03. The number of halogens is 2. The van der Waals surface area contributed by atoms with Gasteiger partial charge in [0, 0.05) is 0 Å². The summed E-state index contributed by atoms with van der Waals surface area (Å²) in [6.07, 6.45) is 0. The average molecular weight is 313 g/mol. The molecule has 2 nitrogen and oxygen atoms in total. The van der Waals surface area contributed by atoms with Crippen LogP contribution in [0.25, 0.3) is 27.9 Å². The normalized spacial score (nSPS) is 11.3. The Balaban J connectivity index is 2.15. The molecule has 21 heavy (non-hydrogen) atoms. The minimum absolute atomic E-state index is 0.522. The number of rotatable bonds is 1. The first-order valence-corrected chi connectivity index (χ1v) is 7.31. The fourth-order valence-electron chi connectivity index (χ4n) is 2.59. The summed E-state index contributed by atoms with van der Waals surface area (Å²) in [6, 6.07) is 20.0. The van der Waals surface area contributed by atoms with Gasteiger partial charge in [-0.15, -0.1) is 0 Å². The van der Waals surface area contributed by atoms with Crippen molar-refractivity contribution in [2.45, 2.75) is 0 Å². The zero-order valence-electron chi connectivity index (χ0n) is 10.9. The molecule has 2 heterocycles. The zero-order valence-corrected chi connectivity index (χ0v) is 12.4. The molecule has 0 unspecified atom stereocenters. The molecule has 0 radical (unpaired) electrons. The number of hydrogen-bond donors (Lipinski definition) is 0. The van der Waals surface area contributed by atoms with Crippen molar-refractivity contribution in [1.82, 2.24) is 9.38 Å². The molecule has 0 spiro atoms. The van der Waals surface area contributed by atoms with Gasteiger partial charge in [0.2, 0.25) is 0 Å². The van der Waals surface area contributed by atoms with Crippen LogP contribution in [0.2, 0.25) is 10.0 Å². The molecule has 4 rings (SSSR count). The van der Waals surface area contributed by atoms with Crippen LogP contribution in [-0.4, -0.2) is 9.38 Å². The van der Waals surface area contributed by atoms with Crippen LogP contribution in [0, 0.1) is 0 Å². The van der Waals surface area contributed by atoms with Gasteiger partial charge in [0.25, 0.3) is 0 Å². The second kappa shape index (κ2) is 4.76. The summed E-state index contributed by atoms with van der Waals surface area (Å²) in [5.74, 6) is 0. The Bertz CT molecular complexity index is 959. The van der Waals surface area contributed by atoms with Gasteiger partial charge in [-0.3, -0.25) is 4.40 Å². The maximum absolute atomic E-state index is 6.17. The summed E-state index contributed by atoms with van der Waals surface area (Å²) < 4.78 is 2.10. The number of fused-ring (bicyclic) bond motifs is 3. The fourth-order valence-corrected chi connectivity index (χ4v) is 2.91. The minimum atomic E-state index is 0.522. The quantitative estimate of drug-likeness (QED) is 0.456. The molecule has 0 fully saturated rings. The zero-order chi connectivity index (χ0) is 14.4. The standard InChI is InChI=1S/C17H10Cl2N2/c18-12-9-14-16(10-13(12)19)21-15(7-4-8-17(21)20-14)11-5-2-1-3-6-11/h1-10H. The van der Waals surface area contributed by atoms with Gasteiger partial charge in [0.05, 0.1) is 26.8 Å². The van der Waals surface area contributed by atoms with Gasteiger partial charge in [-0.25, -0.2) is 4.98 Å². The van der Waals surface area contributed by atoms with Gasteiger partial charge in [-0.05, 0) is 29.8 Å². The monoisotopic (exact) mass is 312 g/mol. The first kappa shape index (κ1) is 12.7. The molecule has 2 aromatic heterocycles. The lowest BCUT2D eigenvalue weighted by Crippen LogP contribution is -1.91. The molecule has 4 heteroatoms. The van der Waals surface area contributed by atoms with Crippen molar-refractivity contribution in [1.29, 1.82) is 0 Å². The lowest BCUT2D eigenvalue weighted by molar-refractivity contribution is 1.23. The van der Waals surface area contributed by atoms with Crippen LogP contribution in [0.5, 0.6) is 0 Å². The number of benzene rings is 2. The molecule has 0 amide bonds. The molecule has 0 aliphatic rings. The number of hydrogen-bond acceptors (Lipinski definition) is 1. The lowest BCUT2D eigenvalue weighted by atomic mass is 10.1. The summed E-state index contributed by atoms with van der Waals surface area (Å²) in [4.78, 5) is 4.62. The maximum Gasteiger partial charge on any atom is 0.138 e. The molecule has 4 aromatic rings. The Kier molecular flexibility index (Phi) is 2.88. The Labute approximate surface area is 131 Å². The molecule has 0 aliphatic carbocycles. The van der Waals surface area contributed by atoms with E-state index in [1.165, 1.54) is 0 Å². The molecule has 0 atom stereocenters. The van der Waals surface area contributed by atoms with Gasteiger partial charge < -0.3 is 0 Å². The van der Waals surface area contributed by atoms with Gasteiger partial charge in [0.1, 0.15) is 5.65 Å². The van der Waals surface area contributed by atoms with Crippen molar-refractivity contribution >= 4 is 39.9 Å². The van der Waals surface area contributed by atoms with E-state index in [0.717, 1.165) is 27.9 Å². The minimum Gasteiger partial charge on any atom is -0.292 e. The summed E-state index contributed by atoms with van der Waals surface area (Å²) in [6.45, 7) is 0. The van der Waals surface area contributed by atoms with Crippen molar-refractivity contribution < 1.29 is 0 Å². The van der Waals surface area contributed by atoms with Crippen LogP contribution in [0.3, 0.4) is 0 Å². The number of aromatic nitrogens is 2. The largest absolute Gasteiger partial charge is 0.292 e. The highest BCUT2D eigenvalue weighted by atomic mass is 35.5. The average Bonchev–Trinajstić information content (AvgIpc) is 2.86. The maximum atomic E-state index is 6.17. The summed E-state index contributed by atoms with van der Waals surface area (Å²) >= 11 is 12.3. The Morgan fingerprint density at radius 1 is 0.810 bits per heavy atom. The highest BCUT2D eigenvalue weighted by Crippen LogP contribution is 2.31. The Morgan fingerprint density at radius 2 is 1.57 bits per heavy atom. The van der Waals surface area contributed by atoms with Gasteiger partial charge in [0.15, 0.2) is 0 Å². The number of nitrogens with zero attached hydrogens (tertiary/aromatic N) is 2. The molecular weight excluding hydrogens is 303 g/mol. The molecule has 0 saturated heterocycles. The fraction of sp³-hybridized carbons (Fsp3) is 0. The van der Waals surface area contributed by atoms with Crippen LogP contribution < -0.4 is 0 Å². The van der Waals surface area contributed by atoms with Crippen molar-refractivity contribution in [3.05, 3.63) is 70.7 Å². The van der Waals surface area contributed by atoms with E-state index in [9.17, 15) is 0 Å². The van der Waals surface area contributed by atoms with Crippen LogP contribution in [0.15, 0.2) is 60.7 Å². The third-order valence-corrected chi connectivity index (χ3v) is 4.25. The molecule has 102 valence electrons. The predicted octanol–water partition coefficient (Wildman–Crippen LogP) is 5.46. The van der Waals surface area contributed by atoms with E-state index in [-0.39, 0.29) is 0 Å².